The molecule has 0 aromatic heterocycles. The van der Waals surface area contributed by atoms with Crippen molar-refractivity contribution in [2.24, 2.45) is 11.8 Å². The largest absolute Gasteiger partial charge is 0.313 e. The predicted molar refractivity (Wildman–Crippen MR) is 88.1 cm³/mol. The van der Waals surface area contributed by atoms with E-state index < -0.39 is 0 Å². The highest BCUT2D eigenvalue weighted by Crippen LogP contribution is 2.40. The van der Waals surface area contributed by atoms with Crippen LogP contribution in [0.25, 0.3) is 0 Å². The van der Waals surface area contributed by atoms with Crippen LogP contribution >= 0.6 is 0 Å². The summed E-state index contributed by atoms with van der Waals surface area (Å²) in [7, 11) is 2.11. The summed E-state index contributed by atoms with van der Waals surface area (Å²) in [6, 6.07) is 9.88. The molecule has 0 amide bonds. The van der Waals surface area contributed by atoms with Gasteiger partial charge in [0.15, 0.2) is 0 Å². The third-order valence-electron chi connectivity index (χ3n) is 5.60. The van der Waals surface area contributed by atoms with Gasteiger partial charge in [-0.1, -0.05) is 64.8 Å². The smallest absolute Gasteiger partial charge is 0.0348 e. The molecule has 3 atom stereocenters. The summed E-state index contributed by atoms with van der Waals surface area (Å²) >= 11 is 0. The Balaban J connectivity index is 2.19. The lowest BCUT2D eigenvalue weighted by atomic mass is 9.80. The third-order valence-corrected chi connectivity index (χ3v) is 5.60. The molecule has 0 radical (unpaired) electrons. The van der Waals surface area contributed by atoms with E-state index in [1.807, 2.05) is 0 Å². The van der Waals surface area contributed by atoms with Crippen LogP contribution in [-0.4, -0.2) is 7.05 Å². The first-order valence-corrected chi connectivity index (χ1v) is 8.27. The maximum absolute atomic E-state index is 3.56. The van der Waals surface area contributed by atoms with Gasteiger partial charge in [-0.25, -0.2) is 0 Å². The van der Waals surface area contributed by atoms with Crippen LogP contribution in [0.15, 0.2) is 24.3 Å². The number of hydrogen-bond acceptors (Lipinski definition) is 1. The van der Waals surface area contributed by atoms with Crippen molar-refractivity contribution >= 4 is 0 Å². The summed E-state index contributed by atoms with van der Waals surface area (Å²) in [6.45, 7) is 9.34. The molecule has 1 saturated carbocycles. The highest BCUT2D eigenvalue weighted by Gasteiger charge is 2.31. The highest BCUT2D eigenvalue weighted by molar-refractivity contribution is 5.30. The van der Waals surface area contributed by atoms with E-state index in [1.165, 1.54) is 36.8 Å². The van der Waals surface area contributed by atoms with Gasteiger partial charge in [0.2, 0.25) is 0 Å². The summed E-state index contributed by atoms with van der Waals surface area (Å²) < 4.78 is 0. The highest BCUT2D eigenvalue weighted by atomic mass is 14.9. The topological polar surface area (TPSA) is 12.0 Å². The Labute approximate surface area is 125 Å². The minimum atomic E-state index is 0.286. The molecular weight excluding hydrogens is 242 g/mol. The standard InChI is InChI=1S/C19H31N/c1-6-19(3,4)16-12-10-15(11-13-16)18(20-5)17-9-7-8-14(17)2/h10-14,17-18,20H,6-9H2,1-5H3. The van der Waals surface area contributed by atoms with E-state index in [1.54, 1.807) is 0 Å². The van der Waals surface area contributed by atoms with E-state index in [2.05, 4.69) is 64.3 Å². The van der Waals surface area contributed by atoms with Crippen molar-refractivity contribution in [2.45, 2.75) is 64.8 Å². The van der Waals surface area contributed by atoms with Gasteiger partial charge in [0, 0.05) is 6.04 Å². The monoisotopic (exact) mass is 273 g/mol. The van der Waals surface area contributed by atoms with Crippen molar-refractivity contribution in [2.75, 3.05) is 7.05 Å². The third kappa shape index (κ3) is 3.09. The maximum atomic E-state index is 3.56. The quantitative estimate of drug-likeness (QED) is 0.789. The van der Waals surface area contributed by atoms with Gasteiger partial charge in [0.25, 0.3) is 0 Å². The van der Waals surface area contributed by atoms with E-state index >= 15 is 0 Å². The molecule has 1 aliphatic carbocycles. The Morgan fingerprint density at radius 1 is 1.20 bits per heavy atom. The van der Waals surface area contributed by atoms with Crippen LogP contribution in [0.5, 0.6) is 0 Å². The van der Waals surface area contributed by atoms with Gasteiger partial charge < -0.3 is 5.32 Å². The molecule has 1 nitrogen and oxygen atoms in total. The lowest BCUT2D eigenvalue weighted by molar-refractivity contribution is 0.315. The van der Waals surface area contributed by atoms with E-state index in [9.17, 15) is 0 Å². The Morgan fingerprint density at radius 3 is 2.30 bits per heavy atom. The Morgan fingerprint density at radius 2 is 1.85 bits per heavy atom. The molecule has 0 bridgehead atoms. The van der Waals surface area contributed by atoms with Gasteiger partial charge in [-0.3, -0.25) is 0 Å². The SMILES string of the molecule is CCC(C)(C)c1ccc(C(NC)C2CCCC2C)cc1. The van der Waals surface area contributed by atoms with Crippen molar-refractivity contribution in [1.82, 2.24) is 5.32 Å². The molecule has 1 aliphatic rings. The van der Waals surface area contributed by atoms with Gasteiger partial charge in [0.05, 0.1) is 0 Å². The van der Waals surface area contributed by atoms with Crippen molar-refractivity contribution < 1.29 is 0 Å². The molecule has 0 spiro atoms. The summed E-state index contributed by atoms with van der Waals surface area (Å²) in [4.78, 5) is 0. The molecule has 2 rings (SSSR count). The van der Waals surface area contributed by atoms with Crippen LogP contribution in [-0.2, 0) is 5.41 Å². The number of rotatable bonds is 5. The molecule has 3 unspecified atom stereocenters. The summed E-state index contributed by atoms with van der Waals surface area (Å²) in [5.74, 6) is 1.64. The van der Waals surface area contributed by atoms with Crippen molar-refractivity contribution in [3.05, 3.63) is 35.4 Å². The second kappa shape index (κ2) is 6.30. The molecule has 0 heterocycles. The zero-order valence-corrected chi connectivity index (χ0v) is 13.9. The van der Waals surface area contributed by atoms with E-state index in [0.29, 0.717) is 6.04 Å². The summed E-state index contributed by atoms with van der Waals surface area (Å²) in [5, 5.41) is 3.56. The minimum Gasteiger partial charge on any atom is -0.313 e. The van der Waals surface area contributed by atoms with Gasteiger partial charge in [-0.15, -0.1) is 0 Å². The van der Waals surface area contributed by atoms with Crippen molar-refractivity contribution in [1.29, 1.82) is 0 Å². The first-order valence-electron chi connectivity index (χ1n) is 8.27. The lowest BCUT2D eigenvalue weighted by Crippen LogP contribution is -2.27. The normalized spacial score (nSPS) is 24.9. The van der Waals surface area contributed by atoms with Crippen molar-refractivity contribution in [3.8, 4) is 0 Å². The van der Waals surface area contributed by atoms with Crippen LogP contribution in [0.3, 0.4) is 0 Å². The molecule has 0 saturated heterocycles. The second-order valence-electron chi connectivity index (χ2n) is 7.20. The Kier molecular flexibility index (Phi) is 4.90. The van der Waals surface area contributed by atoms with Gasteiger partial charge in [0.1, 0.15) is 0 Å². The second-order valence-corrected chi connectivity index (χ2v) is 7.20. The number of hydrogen-bond donors (Lipinski definition) is 1. The van der Waals surface area contributed by atoms with Crippen LogP contribution in [0, 0.1) is 11.8 Å². The average Bonchev–Trinajstić information content (AvgIpc) is 2.87. The van der Waals surface area contributed by atoms with Crippen LogP contribution < -0.4 is 5.32 Å². The molecule has 1 heteroatoms. The van der Waals surface area contributed by atoms with Crippen LogP contribution in [0.2, 0.25) is 0 Å². The molecule has 1 fully saturated rings. The van der Waals surface area contributed by atoms with E-state index in [-0.39, 0.29) is 5.41 Å². The predicted octanol–water partition coefficient (Wildman–Crippen LogP) is 5.07. The van der Waals surface area contributed by atoms with Crippen molar-refractivity contribution in [3.63, 3.8) is 0 Å². The number of benzene rings is 1. The van der Waals surface area contributed by atoms with Crippen LogP contribution in [0.4, 0.5) is 0 Å². The molecule has 112 valence electrons. The average molecular weight is 273 g/mol. The molecule has 0 aliphatic heterocycles. The van der Waals surface area contributed by atoms with Gasteiger partial charge >= 0.3 is 0 Å². The van der Waals surface area contributed by atoms with E-state index in [0.717, 1.165) is 11.8 Å². The fourth-order valence-electron chi connectivity index (χ4n) is 3.64. The molecule has 1 aromatic carbocycles. The summed E-state index contributed by atoms with van der Waals surface area (Å²) in [5.41, 5.74) is 3.20. The maximum Gasteiger partial charge on any atom is 0.0348 e. The Bertz CT molecular complexity index is 418. The van der Waals surface area contributed by atoms with Gasteiger partial charge in [-0.2, -0.15) is 0 Å². The molecule has 20 heavy (non-hydrogen) atoms. The van der Waals surface area contributed by atoms with Gasteiger partial charge in [-0.05, 0) is 48.3 Å². The van der Waals surface area contributed by atoms with Crippen LogP contribution in [0.1, 0.15) is 70.5 Å². The fraction of sp³-hybridized carbons (Fsp3) is 0.684. The molecule has 1 N–H and O–H groups in total. The zero-order chi connectivity index (χ0) is 14.8. The zero-order valence-electron chi connectivity index (χ0n) is 13.9. The lowest BCUT2D eigenvalue weighted by Gasteiger charge is -2.28. The summed E-state index contributed by atoms with van der Waals surface area (Å²) in [6.07, 6.45) is 5.34. The minimum absolute atomic E-state index is 0.286. The Hall–Kier alpha value is -0.820. The number of nitrogens with one attached hydrogen (secondary N) is 1. The molecular formula is C19H31N. The molecule has 1 aromatic rings. The first kappa shape index (κ1) is 15.6. The fourth-order valence-corrected chi connectivity index (χ4v) is 3.64. The first-order chi connectivity index (χ1) is 9.49. The van der Waals surface area contributed by atoms with E-state index in [4.69, 9.17) is 0 Å².